The maximum atomic E-state index is 13.1. The molecule has 2 atom stereocenters. The van der Waals surface area contributed by atoms with Gasteiger partial charge in [-0.15, -0.1) is 11.8 Å². The number of amides is 1. The molecule has 132 valence electrons. The van der Waals surface area contributed by atoms with Crippen LogP contribution in [0.25, 0.3) is 0 Å². The fraction of sp³-hybridized carbons (Fsp3) is 0.632. The standard InChI is InChI=1S/C19H29N3OS/c1-15(2)18(24-17-6-4-3-5-7-17)19(23)22-11-8-16(14-22)21-12-9-20-10-13-21/h3-7,15-16,18,20H,8-14H2,1-2H3. The number of nitrogens with one attached hydrogen (secondary N) is 1. The molecular formula is C19H29N3OS. The molecule has 0 radical (unpaired) electrons. The summed E-state index contributed by atoms with van der Waals surface area (Å²) in [6.07, 6.45) is 1.12. The monoisotopic (exact) mass is 347 g/mol. The van der Waals surface area contributed by atoms with Gasteiger partial charge in [-0.3, -0.25) is 9.69 Å². The van der Waals surface area contributed by atoms with E-state index in [4.69, 9.17) is 0 Å². The first-order valence-electron chi connectivity index (χ1n) is 9.10. The largest absolute Gasteiger partial charge is 0.340 e. The fourth-order valence-electron chi connectivity index (χ4n) is 3.58. The number of carbonyl (C=O) groups excluding carboxylic acids is 1. The molecule has 2 aliphatic rings. The van der Waals surface area contributed by atoms with Crippen molar-refractivity contribution in [2.24, 2.45) is 5.92 Å². The Bertz CT molecular complexity index is 531. The topological polar surface area (TPSA) is 35.6 Å². The average molecular weight is 348 g/mol. The van der Waals surface area contributed by atoms with Crippen molar-refractivity contribution in [1.82, 2.24) is 15.1 Å². The molecule has 2 heterocycles. The zero-order chi connectivity index (χ0) is 16.9. The van der Waals surface area contributed by atoms with Crippen LogP contribution in [0.4, 0.5) is 0 Å². The van der Waals surface area contributed by atoms with E-state index in [-0.39, 0.29) is 5.25 Å². The third-order valence-corrected chi connectivity index (χ3v) is 6.54. The van der Waals surface area contributed by atoms with E-state index in [1.165, 1.54) is 4.90 Å². The first-order chi connectivity index (χ1) is 11.6. The van der Waals surface area contributed by atoms with E-state index in [0.717, 1.165) is 45.7 Å². The number of carbonyl (C=O) groups is 1. The Morgan fingerprint density at radius 2 is 1.88 bits per heavy atom. The van der Waals surface area contributed by atoms with Crippen molar-refractivity contribution in [3.05, 3.63) is 30.3 Å². The Labute approximate surface area is 150 Å². The van der Waals surface area contributed by atoms with Gasteiger partial charge in [0.05, 0.1) is 5.25 Å². The van der Waals surface area contributed by atoms with Gasteiger partial charge in [0.15, 0.2) is 0 Å². The fourth-order valence-corrected chi connectivity index (χ4v) is 4.71. The van der Waals surface area contributed by atoms with E-state index in [9.17, 15) is 4.79 Å². The Kier molecular flexibility index (Phi) is 6.19. The molecule has 3 rings (SSSR count). The van der Waals surface area contributed by atoms with Crippen LogP contribution in [0.1, 0.15) is 20.3 Å². The Balaban J connectivity index is 1.61. The molecule has 0 aliphatic carbocycles. The number of rotatable bonds is 5. The summed E-state index contributed by atoms with van der Waals surface area (Å²) in [6.45, 7) is 10.5. The maximum absolute atomic E-state index is 13.1. The minimum Gasteiger partial charge on any atom is -0.340 e. The summed E-state index contributed by atoms with van der Waals surface area (Å²) in [5, 5.41) is 3.42. The lowest BCUT2D eigenvalue weighted by molar-refractivity contribution is -0.130. The van der Waals surface area contributed by atoms with Crippen LogP contribution in [-0.4, -0.2) is 66.3 Å². The number of nitrogens with zero attached hydrogens (tertiary/aromatic N) is 2. The molecule has 2 saturated heterocycles. The summed E-state index contributed by atoms with van der Waals surface area (Å²) in [4.78, 5) is 18.9. The molecule has 4 nitrogen and oxygen atoms in total. The van der Waals surface area contributed by atoms with Crippen molar-refractivity contribution >= 4 is 17.7 Å². The van der Waals surface area contributed by atoms with Gasteiger partial charge >= 0.3 is 0 Å². The smallest absolute Gasteiger partial charge is 0.236 e. The van der Waals surface area contributed by atoms with Crippen LogP contribution >= 0.6 is 11.8 Å². The van der Waals surface area contributed by atoms with Gasteiger partial charge in [0, 0.05) is 50.2 Å². The van der Waals surface area contributed by atoms with Crippen LogP contribution in [0.15, 0.2) is 35.2 Å². The van der Waals surface area contributed by atoms with Crippen molar-refractivity contribution in [1.29, 1.82) is 0 Å². The molecular weight excluding hydrogens is 318 g/mol. The van der Waals surface area contributed by atoms with Crippen LogP contribution in [0.2, 0.25) is 0 Å². The molecule has 1 aromatic carbocycles. The van der Waals surface area contributed by atoms with E-state index in [0.29, 0.717) is 17.9 Å². The number of likely N-dealkylation sites (tertiary alicyclic amines) is 1. The molecule has 2 fully saturated rings. The van der Waals surface area contributed by atoms with E-state index in [1.54, 1.807) is 11.8 Å². The molecule has 24 heavy (non-hydrogen) atoms. The van der Waals surface area contributed by atoms with Crippen LogP contribution in [0.3, 0.4) is 0 Å². The predicted octanol–water partition coefficient (Wildman–Crippen LogP) is 2.31. The molecule has 2 aliphatic heterocycles. The number of benzene rings is 1. The second-order valence-corrected chi connectivity index (χ2v) is 8.32. The highest BCUT2D eigenvalue weighted by Crippen LogP contribution is 2.30. The second-order valence-electron chi connectivity index (χ2n) is 7.11. The summed E-state index contributed by atoms with van der Waals surface area (Å²) in [5.74, 6) is 0.650. The number of thioether (sulfide) groups is 1. The van der Waals surface area contributed by atoms with Crippen molar-refractivity contribution in [3.8, 4) is 0 Å². The van der Waals surface area contributed by atoms with Gasteiger partial charge < -0.3 is 10.2 Å². The molecule has 1 amide bonds. The molecule has 2 unspecified atom stereocenters. The zero-order valence-corrected chi connectivity index (χ0v) is 15.6. The summed E-state index contributed by atoms with van der Waals surface area (Å²) in [7, 11) is 0. The summed E-state index contributed by atoms with van der Waals surface area (Å²) >= 11 is 1.71. The van der Waals surface area contributed by atoms with Crippen molar-refractivity contribution in [2.45, 2.75) is 36.5 Å². The quantitative estimate of drug-likeness (QED) is 0.829. The Morgan fingerprint density at radius 3 is 2.54 bits per heavy atom. The molecule has 0 aromatic heterocycles. The molecule has 1 aromatic rings. The first kappa shape index (κ1) is 17.8. The minimum atomic E-state index is 0.00849. The number of piperazine rings is 1. The van der Waals surface area contributed by atoms with Crippen molar-refractivity contribution in [3.63, 3.8) is 0 Å². The van der Waals surface area contributed by atoms with Crippen LogP contribution in [0, 0.1) is 5.92 Å². The molecule has 0 bridgehead atoms. The summed E-state index contributed by atoms with van der Waals surface area (Å²) in [6, 6.07) is 10.8. The normalized spacial score (nSPS) is 23.6. The Morgan fingerprint density at radius 1 is 1.17 bits per heavy atom. The lowest BCUT2D eigenvalue weighted by Crippen LogP contribution is -2.49. The van der Waals surface area contributed by atoms with Gasteiger partial charge in [-0.25, -0.2) is 0 Å². The molecule has 5 heteroatoms. The van der Waals surface area contributed by atoms with E-state index in [1.807, 2.05) is 18.2 Å². The Hall–Kier alpha value is -1.04. The highest BCUT2D eigenvalue weighted by Gasteiger charge is 2.35. The van der Waals surface area contributed by atoms with Gasteiger partial charge in [0.2, 0.25) is 5.91 Å². The third kappa shape index (κ3) is 4.32. The van der Waals surface area contributed by atoms with Crippen LogP contribution in [-0.2, 0) is 4.79 Å². The highest BCUT2D eigenvalue weighted by molar-refractivity contribution is 8.00. The van der Waals surface area contributed by atoms with Crippen LogP contribution in [0.5, 0.6) is 0 Å². The van der Waals surface area contributed by atoms with Gasteiger partial charge in [-0.05, 0) is 24.5 Å². The van der Waals surface area contributed by atoms with Gasteiger partial charge in [-0.1, -0.05) is 32.0 Å². The SMILES string of the molecule is CC(C)C(Sc1ccccc1)C(=O)N1CCC(N2CCNCC2)C1. The second kappa shape index (κ2) is 8.37. The summed E-state index contributed by atoms with van der Waals surface area (Å²) < 4.78 is 0. The van der Waals surface area contributed by atoms with E-state index in [2.05, 4.69) is 41.1 Å². The minimum absolute atomic E-state index is 0.00849. The van der Waals surface area contributed by atoms with E-state index < -0.39 is 0 Å². The zero-order valence-electron chi connectivity index (χ0n) is 14.8. The van der Waals surface area contributed by atoms with Gasteiger partial charge in [0.1, 0.15) is 0 Å². The van der Waals surface area contributed by atoms with E-state index >= 15 is 0 Å². The first-order valence-corrected chi connectivity index (χ1v) is 9.98. The number of hydrogen-bond acceptors (Lipinski definition) is 4. The number of hydrogen-bond donors (Lipinski definition) is 1. The molecule has 1 N–H and O–H groups in total. The lowest BCUT2D eigenvalue weighted by atomic mass is 10.1. The average Bonchev–Trinajstić information content (AvgIpc) is 3.11. The maximum Gasteiger partial charge on any atom is 0.236 e. The highest BCUT2D eigenvalue weighted by atomic mass is 32.2. The van der Waals surface area contributed by atoms with Crippen molar-refractivity contribution < 1.29 is 4.79 Å². The third-order valence-electron chi connectivity index (χ3n) is 5.00. The van der Waals surface area contributed by atoms with Gasteiger partial charge in [0.25, 0.3) is 0 Å². The predicted molar refractivity (Wildman–Crippen MR) is 100 cm³/mol. The van der Waals surface area contributed by atoms with Gasteiger partial charge in [-0.2, -0.15) is 0 Å². The van der Waals surface area contributed by atoms with Crippen LogP contribution < -0.4 is 5.32 Å². The molecule has 0 saturated carbocycles. The van der Waals surface area contributed by atoms with Crippen molar-refractivity contribution in [2.75, 3.05) is 39.3 Å². The lowest BCUT2D eigenvalue weighted by Gasteiger charge is -2.33. The summed E-state index contributed by atoms with van der Waals surface area (Å²) in [5.41, 5.74) is 0. The molecule has 0 spiro atoms.